The summed E-state index contributed by atoms with van der Waals surface area (Å²) in [6.45, 7) is 0. The second kappa shape index (κ2) is 6.87. The summed E-state index contributed by atoms with van der Waals surface area (Å²) in [5.41, 5.74) is 1.15. The van der Waals surface area contributed by atoms with Gasteiger partial charge in [0.25, 0.3) is 0 Å². The van der Waals surface area contributed by atoms with Crippen molar-refractivity contribution >= 4 is 18.0 Å². The first-order valence-corrected chi connectivity index (χ1v) is 5.32. The number of hydrogen-bond acceptors (Lipinski definition) is 3. The van der Waals surface area contributed by atoms with Gasteiger partial charge in [-0.2, -0.15) is 0 Å². The number of ether oxygens (including phenoxy) is 1. The molecule has 0 unspecified atom stereocenters. The van der Waals surface area contributed by atoms with Crippen molar-refractivity contribution in [2.75, 3.05) is 7.11 Å². The monoisotopic (exact) mass is 260 g/mol. The molecule has 0 saturated heterocycles. The molecular weight excluding hydrogens is 248 g/mol. The SMILES string of the molecule is COc1ccc(C#CCC(=O)O)cc1/C=C/C(=O)O. The lowest BCUT2D eigenvalue weighted by atomic mass is 10.1. The molecule has 1 aromatic rings. The third-order valence-electron chi connectivity index (χ3n) is 2.11. The predicted octanol–water partition coefficient (Wildman–Crippen LogP) is 1.62. The van der Waals surface area contributed by atoms with E-state index in [0.29, 0.717) is 16.9 Å². The second-order valence-electron chi connectivity index (χ2n) is 3.50. The highest BCUT2D eigenvalue weighted by molar-refractivity contribution is 5.86. The molecule has 0 saturated carbocycles. The van der Waals surface area contributed by atoms with E-state index in [1.807, 2.05) is 0 Å². The third-order valence-corrected chi connectivity index (χ3v) is 2.11. The fourth-order valence-electron chi connectivity index (χ4n) is 1.33. The normalized spacial score (nSPS) is 9.74. The molecule has 1 aromatic carbocycles. The first kappa shape index (κ1) is 14.3. The van der Waals surface area contributed by atoms with Crippen molar-refractivity contribution in [1.82, 2.24) is 0 Å². The van der Waals surface area contributed by atoms with Crippen LogP contribution in [0.15, 0.2) is 24.3 Å². The Morgan fingerprint density at radius 1 is 1.37 bits per heavy atom. The summed E-state index contributed by atoms with van der Waals surface area (Å²) in [6.07, 6.45) is 2.14. The van der Waals surface area contributed by atoms with Gasteiger partial charge in [0.15, 0.2) is 0 Å². The number of rotatable bonds is 4. The highest BCUT2D eigenvalue weighted by atomic mass is 16.5. The standard InChI is InChI=1S/C14H12O5/c1-19-12-7-5-10(3-2-4-13(15)16)9-11(12)6-8-14(17)18/h5-9H,4H2,1H3,(H,15,16)(H,17,18)/b8-6+. The van der Waals surface area contributed by atoms with Gasteiger partial charge >= 0.3 is 11.9 Å². The molecule has 98 valence electrons. The van der Waals surface area contributed by atoms with Gasteiger partial charge in [-0.15, -0.1) is 0 Å². The van der Waals surface area contributed by atoms with Crippen molar-refractivity contribution in [3.8, 4) is 17.6 Å². The number of benzene rings is 1. The van der Waals surface area contributed by atoms with E-state index in [-0.39, 0.29) is 6.42 Å². The zero-order chi connectivity index (χ0) is 14.3. The van der Waals surface area contributed by atoms with Crippen LogP contribution in [-0.2, 0) is 9.59 Å². The number of hydrogen-bond donors (Lipinski definition) is 2. The largest absolute Gasteiger partial charge is 0.496 e. The summed E-state index contributed by atoms with van der Waals surface area (Å²) in [4.78, 5) is 20.8. The summed E-state index contributed by atoms with van der Waals surface area (Å²) >= 11 is 0. The van der Waals surface area contributed by atoms with E-state index in [4.69, 9.17) is 14.9 Å². The quantitative estimate of drug-likeness (QED) is 0.634. The molecule has 0 amide bonds. The summed E-state index contributed by atoms with van der Waals surface area (Å²) in [7, 11) is 1.48. The fourth-order valence-corrected chi connectivity index (χ4v) is 1.33. The van der Waals surface area contributed by atoms with E-state index in [9.17, 15) is 9.59 Å². The lowest BCUT2D eigenvalue weighted by Crippen LogP contribution is -1.91. The number of carboxylic acids is 2. The Bertz CT molecular complexity index is 575. The van der Waals surface area contributed by atoms with Gasteiger partial charge in [0.05, 0.1) is 7.11 Å². The van der Waals surface area contributed by atoms with Gasteiger partial charge < -0.3 is 14.9 Å². The van der Waals surface area contributed by atoms with Gasteiger partial charge in [0.2, 0.25) is 0 Å². The Balaban J connectivity index is 3.03. The van der Waals surface area contributed by atoms with Crippen molar-refractivity contribution in [2.45, 2.75) is 6.42 Å². The lowest BCUT2D eigenvalue weighted by molar-refractivity contribution is -0.136. The minimum Gasteiger partial charge on any atom is -0.496 e. The number of methoxy groups -OCH3 is 1. The second-order valence-corrected chi connectivity index (χ2v) is 3.50. The van der Waals surface area contributed by atoms with Crippen LogP contribution in [-0.4, -0.2) is 29.3 Å². The molecule has 0 spiro atoms. The molecular formula is C14H12O5. The van der Waals surface area contributed by atoms with Gasteiger partial charge in [-0.05, 0) is 24.3 Å². The van der Waals surface area contributed by atoms with E-state index < -0.39 is 11.9 Å². The van der Waals surface area contributed by atoms with E-state index in [2.05, 4.69) is 11.8 Å². The van der Waals surface area contributed by atoms with Crippen LogP contribution in [0.25, 0.3) is 6.08 Å². The van der Waals surface area contributed by atoms with Gasteiger partial charge in [0.1, 0.15) is 12.2 Å². The molecule has 19 heavy (non-hydrogen) atoms. The average Bonchev–Trinajstić information content (AvgIpc) is 2.36. The lowest BCUT2D eigenvalue weighted by Gasteiger charge is -2.04. The summed E-state index contributed by atoms with van der Waals surface area (Å²) in [5.74, 6) is 3.64. The van der Waals surface area contributed by atoms with Gasteiger partial charge in [-0.1, -0.05) is 11.8 Å². The zero-order valence-corrected chi connectivity index (χ0v) is 10.2. The first-order valence-electron chi connectivity index (χ1n) is 5.32. The van der Waals surface area contributed by atoms with Gasteiger partial charge in [-0.25, -0.2) is 4.79 Å². The molecule has 0 heterocycles. The molecule has 0 radical (unpaired) electrons. The molecule has 0 aliphatic rings. The summed E-state index contributed by atoms with van der Waals surface area (Å²) < 4.78 is 5.09. The highest BCUT2D eigenvalue weighted by Crippen LogP contribution is 2.21. The van der Waals surface area contributed by atoms with Crippen molar-refractivity contribution in [3.05, 3.63) is 35.4 Å². The van der Waals surface area contributed by atoms with Gasteiger partial charge in [-0.3, -0.25) is 4.79 Å². The van der Waals surface area contributed by atoms with E-state index in [1.165, 1.54) is 13.2 Å². The van der Waals surface area contributed by atoms with E-state index in [0.717, 1.165) is 6.08 Å². The fraction of sp³-hybridized carbons (Fsp3) is 0.143. The Kier molecular flexibility index (Phi) is 5.17. The van der Waals surface area contributed by atoms with Crippen LogP contribution in [0.5, 0.6) is 5.75 Å². The summed E-state index contributed by atoms with van der Waals surface area (Å²) in [6, 6.07) is 4.95. The molecule has 2 N–H and O–H groups in total. The van der Waals surface area contributed by atoms with Crippen LogP contribution in [0.2, 0.25) is 0 Å². The Morgan fingerprint density at radius 3 is 2.68 bits per heavy atom. The maximum Gasteiger partial charge on any atom is 0.328 e. The molecule has 0 aliphatic carbocycles. The van der Waals surface area contributed by atoms with Crippen molar-refractivity contribution in [2.24, 2.45) is 0 Å². The van der Waals surface area contributed by atoms with Crippen molar-refractivity contribution in [1.29, 1.82) is 0 Å². The first-order chi connectivity index (χ1) is 9.02. The highest BCUT2D eigenvalue weighted by Gasteiger charge is 2.01. The minimum absolute atomic E-state index is 0.244. The molecule has 1 rings (SSSR count). The van der Waals surface area contributed by atoms with Gasteiger partial charge in [0, 0.05) is 17.2 Å². The van der Waals surface area contributed by atoms with Crippen LogP contribution >= 0.6 is 0 Å². The predicted molar refractivity (Wildman–Crippen MR) is 68.8 cm³/mol. The van der Waals surface area contributed by atoms with Crippen LogP contribution < -0.4 is 4.74 Å². The average molecular weight is 260 g/mol. The molecule has 0 bridgehead atoms. The topological polar surface area (TPSA) is 83.8 Å². The molecule has 0 fully saturated rings. The zero-order valence-electron chi connectivity index (χ0n) is 10.2. The van der Waals surface area contributed by atoms with Crippen LogP contribution in [0.1, 0.15) is 17.5 Å². The van der Waals surface area contributed by atoms with Crippen LogP contribution in [0.4, 0.5) is 0 Å². The molecule has 0 aliphatic heterocycles. The number of aliphatic carboxylic acids is 2. The molecule has 0 atom stereocenters. The number of carbonyl (C=O) groups is 2. The molecule has 5 nitrogen and oxygen atoms in total. The van der Waals surface area contributed by atoms with Crippen molar-refractivity contribution < 1.29 is 24.5 Å². The maximum atomic E-state index is 10.5. The third kappa shape index (κ3) is 4.96. The molecule has 5 heteroatoms. The van der Waals surface area contributed by atoms with Crippen LogP contribution in [0.3, 0.4) is 0 Å². The Morgan fingerprint density at radius 2 is 2.11 bits per heavy atom. The Hall–Kier alpha value is -2.74. The van der Waals surface area contributed by atoms with E-state index >= 15 is 0 Å². The smallest absolute Gasteiger partial charge is 0.328 e. The summed E-state index contributed by atoms with van der Waals surface area (Å²) in [5, 5.41) is 17.1. The minimum atomic E-state index is -1.07. The van der Waals surface area contributed by atoms with Crippen molar-refractivity contribution in [3.63, 3.8) is 0 Å². The van der Waals surface area contributed by atoms with Crippen LogP contribution in [0, 0.1) is 11.8 Å². The maximum absolute atomic E-state index is 10.5. The molecule has 0 aromatic heterocycles. The van der Waals surface area contributed by atoms with E-state index in [1.54, 1.807) is 18.2 Å². The Labute approximate surface area is 110 Å². The number of carboxylic acid groups (broad SMARTS) is 2.